The molecule has 170 valence electrons. The van der Waals surface area contributed by atoms with Crippen LogP contribution in [0.15, 0.2) is 47.3 Å². The molecule has 0 bridgehead atoms. The van der Waals surface area contributed by atoms with Crippen LogP contribution in [-0.4, -0.2) is 11.9 Å². The second-order valence-corrected chi connectivity index (χ2v) is 9.90. The van der Waals surface area contributed by atoms with Gasteiger partial charge in [-0.2, -0.15) is 0 Å². The average molecular weight is 447 g/mol. The largest absolute Gasteiger partial charge is 0.482 e. The first-order valence-corrected chi connectivity index (χ1v) is 11.7. The fourth-order valence-corrected chi connectivity index (χ4v) is 3.74. The van der Waals surface area contributed by atoms with E-state index in [1.165, 1.54) is 6.07 Å². The Bertz CT molecular complexity index is 902. The molecule has 1 fully saturated rings. The molecule has 2 rings (SSSR count). The zero-order valence-electron chi connectivity index (χ0n) is 19.9. The van der Waals surface area contributed by atoms with Gasteiger partial charge >= 0.3 is 0 Å². The number of hydrogen-bond acceptors (Lipinski definition) is 2. The van der Waals surface area contributed by atoms with E-state index in [9.17, 15) is 9.18 Å². The summed E-state index contributed by atoms with van der Waals surface area (Å²) in [5, 5.41) is 0.112. The number of rotatable bonds is 7. The number of benzene rings is 1. The topological polar surface area (TPSA) is 26.3 Å². The summed E-state index contributed by atoms with van der Waals surface area (Å²) in [6, 6.07) is 4.85. The molecule has 1 aromatic carbocycles. The lowest BCUT2D eigenvalue weighted by Crippen LogP contribution is -2.25. The molecule has 2 unspecified atom stereocenters. The fourth-order valence-electron chi connectivity index (χ4n) is 3.62. The zero-order valence-corrected chi connectivity index (χ0v) is 20.7. The Kier molecular flexibility index (Phi) is 8.71. The summed E-state index contributed by atoms with van der Waals surface area (Å²) in [4.78, 5) is 12.9. The zero-order chi connectivity index (χ0) is 23.3. The van der Waals surface area contributed by atoms with E-state index in [2.05, 4.69) is 39.8 Å². The Morgan fingerprint density at radius 1 is 1.32 bits per heavy atom. The molecule has 0 N–H and O–H groups in total. The summed E-state index contributed by atoms with van der Waals surface area (Å²) in [5.41, 5.74) is 3.58. The minimum Gasteiger partial charge on any atom is -0.482 e. The van der Waals surface area contributed by atoms with Gasteiger partial charge in [-0.1, -0.05) is 77.8 Å². The highest BCUT2D eigenvalue weighted by Gasteiger charge is 2.36. The molecule has 4 heteroatoms. The lowest BCUT2D eigenvalue weighted by atomic mass is 9.82. The number of carbonyl (C=O) groups is 1. The van der Waals surface area contributed by atoms with E-state index in [0.717, 1.165) is 47.3 Å². The van der Waals surface area contributed by atoms with Crippen LogP contribution in [0.4, 0.5) is 4.39 Å². The van der Waals surface area contributed by atoms with Crippen molar-refractivity contribution in [2.75, 3.05) is 0 Å². The van der Waals surface area contributed by atoms with Gasteiger partial charge in [0.05, 0.1) is 5.02 Å². The molecule has 1 aliphatic rings. The van der Waals surface area contributed by atoms with Crippen molar-refractivity contribution in [3.8, 4) is 0 Å². The smallest absolute Gasteiger partial charge is 0.176 e. The van der Waals surface area contributed by atoms with Crippen molar-refractivity contribution in [2.24, 2.45) is 11.3 Å². The molecule has 0 spiro atoms. The second-order valence-electron chi connectivity index (χ2n) is 9.49. The second kappa shape index (κ2) is 10.6. The predicted octanol–water partition coefficient (Wildman–Crippen LogP) is 8.31. The molecule has 0 radical (unpaired) electrons. The first-order chi connectivity index (χ1) is 14.5. The number of carbonyl (C=O) groups excluding carboxylic acids is 1. The van der Waals surface area contributed by atoms with Crippen molar-refractivity contribution >= 4 is 23.0 Å². The minimum absolute atomic E-state index is 0.0239. The van der Waals surface area contributed by atoms with Gasteiger partial charge in [0.15, 0.2) is 11.9 Å². The van der Waals surface area contributed by atoms with Crippen LogP contribution in [0, 0.1) is 17.2 Å². The average Bonchev–Trinajstić information content (AvgIpc) is 3.13. The molecule has 31 heavy (non-hydrogen) atoms. The molecule has 1 saturated heterocycles. The minimum atomic E-state index is -0.438. The molecule has 1 aromatic rings. The van der Waals surface area contributed by atoms with Crippen LogP contribution < -0.4 is 0 Å². The predicted molar refractivity (Wildman–Crippen MR) is 128 cm³/mol. The summed E-state index contributed by atoms with van der Waals surface area (Å²) in [5.74, 6) is 0.506. The SMILES string of the molecule is CCC\C=C1/CC(C(=O)C(C)CC)O/C1=C(/C=C(\C)c1ccc(Cl)c(F)c1)C(C)(C)C. The normalized spacial score (nSPS) is 21.3. The van der Waals surface area contributed by atoms with Gasteiger partial charge in [0, 0.05) is 17.9 Å². The number of halogens is 2. The maximum atomic E-state index is 14.0. The third kappa shape index (κ3) is 6.32. The standard InChI is InChI=1S/C27H36ClFO2/c1-8-10-11-20-16-24(25(30)17(3)9-2)31-26(20)21(27(5,6)7)14-18(4)19-12-13-22(28)23(29)15-19/h11-15,17,24H,8-10,16H2,1-7H3/b18-14+,20-11+,26-21-. The number of ether oxygens (including phenoxy) is 1. The number of unbranched alkanes of at least 4 members (excludes halogenated alkanes) is 1. The molecule has 0 saturated carbocycles. The first kappa shape index (κ1) is 25.4. The lowest BCUT2D eigenvalue weighted by Gasteiger charge is -2.24. The monoisotopic (exact) mass is 446 g/mol. The van der Waals surface area contributed by atoms with Crippen molar-refractivity contribution in [2.45, 2.75) is 80.3 Å². The van der Waals surface area contributed by atoms with Crippen LogP contribution in [0.2, 0.25) is 5.02 Å². The Labute approximate surface area is 192 Å². The maximum Gasteiger partial charge on any atom is 0.176 e. The van der Waals surface area contributed by atoms with Crippen LogP contribution in [0.3, 0.4) is 0 Å². The summed E-state index contributed by atoms with van der Waals surface area (Å²) >= 11 is 5.85. The van der Waals surface area contributed by atoms with Crippen LogP contribution >= 0.6 is 11.6 Å². The molecular formula is C27H36ClFO2. The lowest BCUT2D eigenvalue weighted by molar-refractivity contribution is -0.130. The van der Waals surface area contributed by atoms with Gasteiger partial charge in [0.25, 0.3) is 0 Å². The molecule has 1 heterocycles. The number of hydrogen-bond donors (Lipinski definition) is 0. The quantitative estimate of drug-likeness (QED) is 0.420. The van der Waals surface area contributed by atoms with Crippen molar-refractivity contribution in [1.29, 1.82) is 0 Å². The number of allylic oxidation sites excluding steroid dienone is 5. The Hall–Kier alpha value is -1.87. The Morgan fingerprint density at radius 3 is 2.55 bits per heavy atom. The van der Waals surface area contributed by atoms with E-state index < -0.39 is 11.9 Å². The van der Waals surface area contributed by atoms with E-state index in [1.807, 2.05) is 26.8 Å². The van der Waals surface area contributed by atoms with Crippen molar-refractivity contribution in [3.63, 3.8) is 0 Å². The molecule has 2 atom stereocenters. The summed E-state index contributed by atoms with van der Waals surface area (Å²) in [6.45, 7) is 14.5. The van der Waals surface area contributed by atoms with Crippen LogP contribution in [-0.2, 0) is 9.53 Å². The Morgan fingerprint density at radius 2 is 2.00 bits per heavy atom. The van der Waals surface area contributed by atoms with E-state index in [1.54, 1.807) is 6.07 Å². The van der Waals surface area contributed by atoms with Crippen LogP contribution in [0.1, 0.15) is 79.7 Å². The van der Waals surface area contributed by atoms with Gasteiger partial charge < -0.3 is 4.74 Å². The van der Waals surface area contributed by atoms with Gasteiger partial charge in [-0.15, -0.1) is 0 Å². The van der Waals surface area contributed by atoms with Gasteiger partial charge in [0.1, 0.15) is 11.6 Å². The van der Waals surface area contributed by atoms with Crippen molar-refractivity contribution in [3.05, 3.63) is 63.7 Å². The maximum absolute atomic E-state index is 14.0. The third-order valence-corrected chi connectivity index (χ3v) is 6.15. The van der Waals surface area contributed by atoms with E-state index in [-0.39, 0.29) is 22.1 Å². The first-order valence-electron chi connectivity index (χ1n) is 11.3. The van der Waals surface area contributed by atoms with Crippen LogP contribution in [0.25, 0.3) is 5.57 Å². The van der Waals surface area contributed by atoms with Gasteiger partial charge in [-0.05, 0) is 54.0 Å². The van der Waals surface area contributed by atoms with Gasteiger partial charge in [-0.3, -0.25) is 4.79 Å². The number of ketones is 1. The summed E-state index contributed by atoms with van der Waals surface area (Å²) in [7, 11) is 0. The molecule has 0 aliphatic carbocycles. The molecule has 0 amide bonds. The highest BCUT2D eigenvalue weighted by atomic mass is 35.5. The summed E-state index contributed by atoms with van der Waals surface area (Å²) < 4.78 is 20.4. The molecular weight excluding hydrogens is 411 g/mol. The van der Waals surface area contributed by atoms with E-state index in [4.69, 9.17) is 16.3 Å². The van der Waals surface area contributed by atoms with E-state index >= 15 is 0 Å². The molecule has 1 aliphatic heterocycles. The van der Waals surface area contributed by atoms with Crippen molar-refractivity contribution in [1.82, 2.24) is 0 Å². The Balaban J connectivity index is 2.59. The van der Waals surface area contributed by atoms with Crippen molar-refractivity contribution < 1.29 is 13.9 Å². The molecule has 0 aromatic heterocycles. The number of Topliss-reactive ketones (excluding diaryl/α,β-unsaturated/α-hetero) is 1. The van der Waals surface area contributed by atoms with E-state index in [0.29, 0.717) is 6.42 Å². The fraction of sp³-hybridized carbons (Fsp3) is 0.519. The van der Waals surface area contributed by atoms with Gasteiger partial charge in [-0.25, -0.2) is 4.39 Å². The highest BCUT2D eigenvalue weighted by molar-refractivity contribution is 6.30. The van der Waals surface area contributed by atoms with Gasteiger partial charge in [0.2, 0.25) is 0 Å². The molecule has 2 nitrogen and oxygen atoms in total. The van der Waals surface area contributed by atoms with Crippen LogP contribution in [0.5, 0.6) is 0 Å². The third-order valence-electron chi connectivity index (χ3n) is 5.84. The highest BCUT2D eigenvalue weighted by Crippen LogP contribution is 2.41. The summed E-state index contributed by atoms with van der Waals surface area (Å²) in [6.07, 6.45) is 7.22.